The van der Waals surface area contributed by atoms with Gasteiger partial charge in [-0.25, -0.2) is 0 Å². The van der Waals surface area contributed by atoms with Crippen LogP contribution in [0.15, 0.2) is 149 Å². The van der Waals surface area contributed by atoms with Crippen LogP contribution in [0.4, 0.5) is 34.1 Å². The summed E-state index contributed by atoms with van der Waals surface area (Å²) in [7, 11) is -6.03. The number of rotatable bonds is 9. The Balaban J connectivity index is 1.12. The topological polar surface area (TPSA) is 210 Å². The van der Waals surface area contributed by atoms with E-state index in [0.717, 1.165) is 9.79 Å². The highest BCUT2D eigenvalue weighted by Crippen LogP contribution is 2.40. The second kappa shape index (κ2) is 13.3. The molecule has 16 heteroatoms. The Labute approximate surface area is 282 Å². The molecule has 0 aliphatic rings. The first-order valence-corrected chi connectivity index (χ1v) is 18.9. The smallest absolute Gasteiger partial charge is 0.295 e. The van der Waals surface area contributed by atoms with Crippen LogP contribution in [0.25, 0.3) is 21.5 Å². The van der Waals surface area contributed by atoms with E-state index in [2.05, 4.69) is 20.5 Å². The predicted octanol–water partition coefficient (Wildman–Crippen LogP) is 9.28. The van der Waals surface area contributed by atoms with E-state index in [0.29, 0.717) is 22.1 Å². The number of nitrogens with zero attached hydrogens (tertiary/aromatic N) is 4. The minimum Gasteiger partial charge on any atom is -0.396 e. The standard InChI is InChI=1S/C32H24N6O6S4/c33-31-25-7-3-1-5-23(25)29(47(39,40)41)17-27(31)37-35-19-9-13-21(14-10-19)45-46-22-15-11-20(12-16-22)36-38-28-18-30(48(42,43)44)24-6-2-4-8-26(24)32(28)34/h1-18H,33-34H2,(H,39,40,41)(H,42,43,44). The molecule has 6 aromatic carbocycles. The van der Waals surface area contributed by atoms with Crippen molar-refractivity contribution in [3.8, 4) is 0 Å². The summed E-state index contributed by atoms with van der Waals surface area (Å²) in [5, 5.41) is 18.1. The van der Waals surface area contributed by atoms with E-state index in [1.54, 1.807) is 72.8 Å². The van der Waals surface area contributed by atoms with Gasteiger partial charge in [0.05, 0.1) is 22.7 Å². The lowest BCUT2D eigenvalue weighted by Gasteiger charge is -2.09. The third-order valence-electron chi connectivity index (χ3n) is 7.06. The van der Waals surface area contributed by atoms with E-state index in [9.17, 15) is 25.9 Å². The van der Waals surface area contributed by atoms with Crippen LogP contribution in [-0.4, -0.2) is 25.9 Å². The first-order valence-electron chi connectivity index (χ1n) is 13.8. The molecule has 0 radical (unpaired) electrons. The van der Waals surface area contributed by atoms with Crippen LogP contribution in [0.3, 0.4) is 0 Å². The lowest BCUT2D eigenvalue weighted by molar-refractivity contribution is 0.482. The zero-order valence-corrected chi connectivity index (χ0v) is 27.8. The fourth-order valence-corrected chi connectivity index (χ4v) is 8.11. The van der Waals surface area contributed by atoms with Crippen LogP contribution < -0.4 is 11.5 Å². The number of benzene rings is 6. The lowest BCUT2D eigenvalue weighted by atomic mass is 10.1. The molecular formula is C32H24N6O6S4. The van der Waals surface area contributed by atoms with Crippen LogP contribution in [0.5, 0.6) is 0 Å². The average molecular weight is 717 g/mol. The molecule has 0 amide bonds. The minimum absolute atomic E-state index is 0.113. The van der Waals surface area contributed by atoms with Crippen molar-refractivity contribution in [2.45, 2.75) is 19.6 Å². The van der Waals surface area contributed by atoms with Gasteiger partial charge in [0.2, 0.25) is 0 Å². The number of nitrogens with two attached hydrogens (primary N) is 2. The Morgan fingerprint density at radius 1 is 0.479 bits per heavy atom. The lowest BCUT2D eigenvalue weighted by Crippen LogP contribution is -2.01. The molecule has 0 fully saturated rings. The molecule has 0 atom stereocenters. The summed E-state index contributed by atoms with van der Waals surface area (Å²) in [4.78, 5) is 1.26. The molecule has 6 N–H and O–H groups in total. The molecule has 0 bridgehead atoms. The third kappa shape index (κ3) is 7.18. The van der Waals surface area contributed by atoms with Crippen molar-refractivity contribution in [3.63, 3.8) is 0 Å². The molecular weight excluding hydrogens is 693 g/mol. The maximum absolute atomic E-state index is 12.0. The van der Waals surface area contributed by atoms with Gasteiger partial charge in [-0.3, -0.25) is 9.11 Å². The zero-order chi connectivity index (χ0) is 34.1. The quantitative estimate of drug-likeness (QED) is 0.0482. The highest BCUT2D eigenvalue weighted by molar-refractivity contribution is 8.76. The van der Waals surface area contributed by atoms with E-state index in [-0.39, 0.29) is 43.3 Å². The molecule has 0 aromatic heterocycles. The van der Waals surface area contributed by atoms with E-state index >= 15 is 0 Å². The molecule has 6 aromatic rings. The van der Waals surface area contributed by atoms with Crippen molar-refractivity contribution in [3.05, 3.63) is 109 Å². The molecule has 0 heterocycles. The SMILES string of the molecule is Nc1c(N=Nc2ccc(SSc3ccc(N=Nc4cc(S(=O)(=O)O)c5ccccc5c4N)cc3)cc2)cc(S(=O)(=O)O)c2ccccc12. The van der Waals surface area contributed by atoms with Crippen molar-refractivity contribution >= 4 is 97.5 Å². The fourth-order valence-electron chi connectivity index (χ4n) is 4.75. The Kier molecular flexibility index (Phi) is 9.20. The molecule has 0 unspecified atom stereocenters. The maximum Gasteiger partial charge on any atom is 0.295 e. The van der Waals surface area contributed by atoms with Crippen molar-refractivity contribution in [2.24, 2.45) is 20.5 Å². The molecule has 0 spiro atoms. The first-order chi connectivity index (χ1) is 22.9. The Bertz CT molecular complexity index is 2300. The van der Waals surface area contributed by atoms with Gasteiger partial charge in [-0.2, -0.15) is 27.1 Å². The van der Waals surface area contributed by atoms with Crippen LogP contribution in [0.2, 0.25) is 0 Å². The normalized spacial score (nSPS) is 12.5. The largest absolute Gasteiger partial charge is 0.396 e. The maximum atomic E-state index is 12.0. The van der Waals surface area contributed by atoms with Crippen LogP contribution >= 0.6 is 21.6 Å². The van der Waals surface area contributed by atoms with Gasteiger partial charge in [-0.05, 0) is 60.7 Å². The summed E-state index contributed by atoms with van der Waals surface area (Å²) in [5.41, 5.74) is 14.2. The van der Waals surface area contributed by atoms with Gasteiger partial charge in [-0.15, -0.1) is 10.2 Å². The van der Waals surface area contributed by atoms with E-state index in [4.69, 9.17) is 11.5 Å². The number of hydrogen-bond donors (Lipinski definition) is 4. The highest BCUT2D eigenvalue weighted by atomic mass is 33.1. The summed E-state index contributed by atoms with van der Waals surface area (Å²) >= 11 is 0. The van der Waals surface area contributed by atoms with Gasteiger partial charge in [-0.1, -0.05) is 70.1 Å². The van der Waals surface area contributed by atoms with Crippen molar-refractivity contribution in [1.29, 1.82) is 0 Å². The fraction of sp³-hybridized carbons (Fsp3) is 0. The number of fused-ring (bicyclic) bond motifs is 2. The van der Waals surface area contributed by atoms with Crippen molar-refractivity contribution in [1.82, 2.24) is 0 Å². The Hall–Kier alpha value is -4.84. The number of anilines is 2. The van der Waals surface area contributed by atoms with Gasteiger partial charge < -0.3 is 11.5 Å². The average Bonchev–Trinajstić information content (AvgIpc) is 3.07. The van der Waals surface area contributed by atoms with Gasteiger partial charge in [0, 0.05) is 31.3 Å². The summed E-state index contributed by atoms with van der Waals surface area (Å²) < 4.78 is 67.3. The van der Waals surface area contributed by atoms with Gasteiger partial charge in [0.25, 0.3) is 20.2 Å². The number of nitrogen functional groups attached to an aromatic ring is 2. The van der Waals surface area contributed by atoms with Crippen molar-refractivity contribution in [2.75, 3.05) is 11.5 Å². The minimum atomic E-state index is -4.52. The zero-order valence-electron chi connectivity index (χ0n) is 24.5. The van der Waals surface area contributed by atoms with Crippen LogP contribution in [0.1, 0.15) is 0 Å². The predicted molar refractivity (Wildman–Crippen MR) is 189 cm³/mol. The molecule has 0 saturated heterocycles. The molecule has 12 nitrogen and oxygen atoms in total. The number of hydrogen-bond acceptors (Lipinski definition) is 12. The van der Waals surface area contributed by atoms with Gasteiger partial charge in [0.1, 0.15) is 21.2 Å². The molecule has 0 aliphatic heterocycles. The van der Waals surface area contributed by atoms with E-state index in [1.165, 1.54) is 33.7 Å². The Morgan fingerprint density at radius 3 is 1.15 bits per heavy atom. The molecule has 242 valence electrons. The molecule has 0 saturated carbocycles. The second-order valence-electron chi connectivity index (χ2n) is 10.2. The summed E-state index contributed by atoms with van der Waals surface area (Å²) in [6.07, 6.45) is 0. The van der Waals surface area contributed by atoms with E-state index < -0.39 is 20.2 Å². The van der Waals surface area contributed by atoms with Crippen LogP contribution in [0, 0.1) is 0 Å². The number of azo groups is 2. The molecule has 0 aliphatic carbocycles. The summed E-state index contributed by atoms with van der Waals surface area (Å²) in [6, 6.07) is 29.9. The monoisotopic (exact) mass is 716 g/mol. The van der Waals surface area contributed by atoms with E-state index in [1.807, 2.05) is 24.3 Å². The van der Waals surface area contributed by atoms with Crippen LogP contribution in [-0.2, 0) is 20.2 Å². The third-order valence-corrected chi connectivity index (χ3v) is 11.3. The summed E-state index contributed by atoms with van der Waals surface area (Å²) in [5.74, 6) is 0. The second-order valence-corrected chi connectivity index (χ2v) is 15.3. The van der Waals surface area contributed by atoms with Gasteiger partial charge in [0.15, 0.2) is 0 Å². The Morgan fingerprint density at radius 2 is 0.812 bits per heavy atom. The molecule has 6 rings (SSSR count). The molecule has 48 heavy (non-hydrogen) atoms. The van der Waals surface area contributed by atoms with Crippen molar-refractivity contribution < 1.29 is 25.9 Å². The van der Waals surface area contributed by atoms with Gasteiger partial charge >= 0.3 is 0 Å². The first kappa shape index (κ1) is 33.1. The highest BCUT2D eigenvalue weighted by Gasteiger charge is 2.19. The summed E-state index contributed by atoms with van der Waals surface area (Å²) in [6.45, 7) is 0.